The number of hydrogen-bond donors (Lipinski definition) is 1. The van der Waals surface area contributed by atoms with Crippen LogP contribution in [-0.2, 0) is 20.5 Å². The van der Waals surface area contributed by atoms with E-state index in [0.717, 1.165) is 30.2 Å². The van der Waals surface area contributed by atoms with Gasteiger partial charge in [-0.1, -0.05) is 0 Å². The summed E-state index contributed by atoms with van der Waals surface area (Å²) in [5, 5.41) is 1.99. The van der Waals surface area contributed by atoms with Gasteiger partial charge in [-0.25, -0.2) is 0 Å². The van der Waals surface area contributed by atoms with Gasteiger partial charge in [0.2, 0.25) is 0 Å². The SMILES string of the molecule is COCCC1CCC(N(C(=O)c2cc3c(cc2C(F)(F)F)OC(C)(C)C(=O)N3CCNC(=O)C(F)F)C(C)C)CC1. The largest absolute Gasteiger partial charge is 0.476 e. The van der Waals surface area contributed by atoms with Crippen LogP contribution in [0.15, 0.2) is 12.1 Å². The first-order valence-electron chi connectivity index (χ1n) is 13.7. The summed E-state index contributed by atoms with van der Waals surface area (Å²) in [6.07, 6.45) is -4.40. The first kappa shape index (κ1) is 32.6. The van der Waals surface area contributed by atoms with Crippen molar-refractivity contribution in [1.29, 1.82) is 0 Å². The number of carbonyl (C=O) groups excluding carboxylic acids is 3. The van der Waals surface area contributed by atoms with Crippen molar-refractivity contribution in [3.63, 3.8) is 0 Å². The van der Waals surface area contributed by atoms with Gasteiger partial charge in [0.05, 0.1) is 16.8 Å². The normalized spacial score (nSPS) is 20.6. The van der Waals surface area contributed by atoms with E-state index in [9.17, 15) is 36.3 Å². The zero-order valence-corrected chi connectivity index (χ0v) is 23.9. The summed E-state index contributed by atoms with van der Waals surface area (Å²) in [6, 6.07) is 1.03. The average Bonchev–Trinajstić information content (AvgIpc) is 2.88. The molecule has 0 atom stereocenters. The minimum atomic E-state index is -4.91. The zero-order valence-electron chi connectivity index (χ0n) is 23.9. The Morgan fingerprint density at radius 1 is 1.17 bits per heavy atom. The number of hydrogen-bond acceptors (Lipinski definition) is 5. The van der Waals surface area contributed by atoms with E-state index in [2.05, 4.69) is 0 Å². The third kappa shape index (κ3) is 7.47. The fraction of sp³-hybridized carbons (Fsp3) is 0.679. The van der Waals surface area contributed by atoms with Gasteiger partial charge < -0.3 is 24.6 Å². The molecule has 1 fully saturated rings. The molecule has 2 aliphatic rings. The number of rotatable bonds is 10. The molecule has 3 amide bonds. The minimum absolute atomic E-state index is 0.107. The fourth-order valence-electron chi connectivity index (χ4n) is 5.57. The Labute approximate surface area is 236 Å². The predicted octanol–water partition coefficient (Wildman–Crippen LogP) is 5.04. The molecule has 1 aliphatic heterocycles. The lowest BCUT2D eigenvalue weighted by atomic mass is 9.83. The molecule has 0 radical (unpaired) electrons. The standard InChI is InChI=1S/C28H38F5N3O5/c1-16(2)36(18-8-6-17(7-9-18)10-13-40-5)25(38)19-14-21-22(15-20(19)28(31,32)33)41-27(3,4)26(39)35(21)12-11-34-24(37)23(29)30/h14-18,23H,6-13H2,1-5H3,(H,34,37). The van der Waals surface area contributed by atoms with Crippen LogP contribution in [0, 0.1) is 5.92 Å². The molecule has 13 heteroatoms. The van der Waals surface area contributed by atoms with Crippen LogP contribution >= 0.6 is 0 Å². The Kier molecular flexibility index (Phi) is 10.3. The average molecular weight is 592 g/mol. The van der Waals surface area contributed by atoms with E-state index in [-0.39, 0.29) is 30.6 Å². The second-order valence-corrected chi connectivity index (χ2v) is 11.3. The summed E-state index contributed by atoms with van der Waals surface area (Å²) in [7, 11) is 1.63. The quantitative estimate of drug-likeness (QED) is 0.386. The first-order valence-corrected chi connectivity index (χ1v) is 13.7. The molecular formula is C28H38F5N3O5. The number of nitrogens with one attached hydrogen (secondary N) is 1. The van der Waals surface area contributed by atoms with Gasteiger partial charge in [0.1, 0.15) is 5.75 Å². The molecule has 1 N–H and O–H groups in total. The Morgan fingerprint density at radius 3 is 2.34 bits per heavy atom. The lowest BCUT2D eigenvalue weighted by molar-refractivity contribution is -0.138. The number of alkyl halides is 5. The molecule has 0 bridgehead atoms. The Bertz CT molecular complexity index is 1120. The molecule has 41 heavy (non-hydrogen) atoms. The van der Waals surface area contributed by atoms with Crippen molar-refractivity contribution in [2.24, 2.45) is 5.92 Å². The molecule has 1 aromatic rings. The summed E-state index contributed by atoms with van der Waals surface area (Å²) >= 11 is 0. The van der Waals surface area contributed by atoms with Crippen LogP contribution in [0.5, 0.6) is 5.75 Å². The molecule has 1 saturated carbocycles. The summed E-state index contributed by atoms with van der Waals surface area (Å²) in [5.74, 6) is -2.90. The van der Waals surface area contributed by atoms with Gasteiger partial charge in [-0.3, -0.25) is 14.4 Å². The molecule has 8 nitrogen and oxygen atoms in total. The molecule has 0 aromatic heterocycles. The fourth-order valence-corrected chi connectivity index (χ4v) is 5.57. The van der Waals surface area contributed by atoms with Gasteiger partial charge in [-0.15, -0.1) is 0 Å². The summed E-state index contributed by atoms with van der Waals surface area (Å²) in [4.78, 5) is 41.0. The number of anilines is 1. The number of halogens is 5. The van der Waals surface area contributed by atoms with Crippen LogP contribution in [0.4, 0.5) is 27.6 Å². The number of fused-ring (bicyclic) bond motifs is 1. The van der Waals surface area contributed by atoms with Gasteiger partial charge in [-0.05, 0) is 77.8 Å². The van der Waals surface area contributed by atoms with E-state index in [4.69, 9.17) is 9.47 Å². The van der Waals surface area contributed by atoms with Crippen molar-refractivity contribution in [3.8, 4) is 5.75 Å². The van der Waals surface area contributed by atoms with Crippen LogP contribution in [0.25, 0.3) is 0 Å². The lowest BCUT2D eigenvalue weighted by Crippen LogP contribution is -2.54. The zero-order chi connectivity index (χ0) is 30.7. The first-order chi connectivity index (χ1) is 19.1. The molecule has 3 rings (SSSR count). The second-order valence-electron chi connectivity index (χ2n) is 11.3. The van der Waals surface area contributed by atoms with Crippen molar-refractivity contribution < 1.29 is 45.8 Å². The predicted molar refractivity (Wildman–Crippen MR) is 141 cm³/mol. The summed E-state index contributed by atoms with van der Waals surface area (Å²) < 4.78 is 79.1. The van der Waals surface area contributed by atoms with Gasteiger partial charge >= 0.3 is 12.6 Å². The molecule has 230 valence electrons. The number of carbonyl (C=O) groups is 3. The highest BCUT2D eigenvalue weighted by atomic mass is 19.4. The summed E-state index contributed by atoms with van der Waals surface area (Å²) in [6.45, 7) is 6.11. The highest BCUT2D eigenvalue weighted by molar-refractivity contribution is 6.05. The third-order valence-corrected chi connectivity index (χ3v) is 7.61. The summed E-state index contributed by atoms with van der Waals surface area (Å²) in [5.41, 5.74) is -3.52. The van der Waals surface area contributed by atoms with Gasteiger partial charge in [0.15, 0.2) is 5.60 Å². The molecule has 1 aliphatic carbocycles. The van der Waals surface area contributed by atoms with E-state index in [1.165, 1.54) is 18.7 Å². The molecule has 0 unspecified atom stereocenters. The van der Waals surface area contributed by atoms with Crippen LogP contribution in [0.2, 0.25) is 0 Å². The maximum absolute atomic E-state index is 14.4. The minimum Gasteiger partial charge on any atom is -0.476 e. The highest BCUT2D eigenvalue weighted by Gasteiger charge is 2.45. The van der Waals surface area contributed by atoms with E-state index >= 15 is 0 Å². The highest BCUT2D eigenvalue weighted by Crippen LogP contribution is 2.44. The topological polar surface area (TPSA) is 88.2 Å². The monoisotopic (exact) mass is 591 g/mol. The van der Waals surface area contributed by atoms with Crippen molar-refractivity contribution >= 4 is 23.4 Å². The molecule has 0 spiro atoms. The van der Waals surface area contributed by atoms with Crippen LogP contribution in [0.3, 0.4) is 0 Å². The Hall–Kier alpha value is -2.96. The van der Waals surface area contributed by atoms with E-state index in [1.807, 2.05) is 5.32 Å². The maximum Gasteiger partial charge on any atom is 0.417 e. The van der Waals surface area contributed by atoms with Gasteiger partial charge in [0, 0.05) is 38.9 Å². The Balaban J connectivity index is 2.01. The lowest BCUT2D eigenvalue weighted by Gasteiger charge is -2.41. The number of ether oxygens (including phenoxy) is 2. The number of nitrogens with zero attached hydrogens (tertiary/aromatic N) is 2. The number of benzene rings is 1. The number of amides is 3. The smallest absolute Gasteiger partial charge is 0.417 e. The van der Waals surface area contributed by atoms with Gasteiger partial charge in [0.25, 0.3) is 17.7 Å². The van der Waals surface area contributed by atoms with E-state index < -0.39 is 53.1 Å². The molecular weight excluding hydrogens is 553 g/mol. The second kappa shape index (κ2) is 12.9. The van der Waals surface area contributed by atoms with Gasteiger partial charge in [-0.2, -0.15) is 22.0 Å². The van der Waals surface area contributed by atoms with Crippen LogP contribution in [-0.4, -0.2) is 73.5 Å². The van der Waals surface area contributed by atoms with Crippen molar-refractivity contribution in [1.82, 2.24) is 10.2 Å². The van der Waals surface area contributed by atoms with Crippen molar-refractivity contribution in [2.75, 3.05) is 31.7 Å². The molecule has 1 heterocycles. The third-order valence-electron chi connectivity index (χ3n) is 7.61. The van der Waals surface area contributed by atoms with Crippen molar-refractivity contribution in [3.05, 3.63) is 23.3 Å². The van der Waals surface area contributed by atoms with Crippen molar-refractivity contribution in [2.45, 2.75) is 90.1 Å². The molecule has 1 aromatic carbocycles. The molecule has 0 saturated heterocycles. The Morgan fingerprint density at radius 2 is 1.80 bits per heavy atom. The van der Waals surface area contributed by atoms with Crippen LogP contribution < -0.4 is 15.0 Å². The maximum atomic E-state index is 14.4. The van der Waals surface area contributed by atoms with E-state index in [1.54, 1.807) is 21.0 Å². The van der Waals surface area contributed by atoms with Crippen LogP contribution in [0.1, 0.15) is 75.7 Å². The number of methoxy groups -OCH3 is 1. The van der Waals surface area contributed by atoms with E-state index in [0.29, 0.717) is 31.4 Å².